The standard InChI is InChI=1S/C27H32N4O2.C24H32N4O.C24H30N4O.C23H25N5O.C22H26N6O/c1-3-26(33)22-8-4-6-20(14-22)21-7-5-9-23(15-21)28-27-24-17-30(18(2)32)13-12-25(24)31(29-27)16-19-10-11-19;2*1-17(29)27-13-12-23-22(16-27)24(26-28(23)15-18-10-11-18)25-21-9-5-8-20(14-21)19-6-3-2-4-7-19;1-16(29)27-12-10-22-20(15-27)23(26-28(22)14-17-8-9-17)25-19-6-4-5-18(13-19)21-7-2-3-11-24-21;1-15(29)27-11-9-21-19(14-27)22(25-28(21)13-16-6-7-16)23-18-5-3-4-17(12-18)20-8-10-26(2)24-20/h4-9,14-15,19,26,33H,3,10-13,16-17H2,1-2H3,(H,28,29);5,8-9,14,18-19H,2-4,6-7,10-13,15-16H2,1H3,(H,25,26);5-6,8-9,14,18H,2-4,7,10-13,15-16H2,1H3,(H,25,26);2-7,11,13,17H,8-10,12,14-15H2,1H3,(H,25,26);3-5,8,10,12,16H,6-7,9,11,13-14H2,1-2H3,(H,23,25). The van der Waals surface area contributed by atoms with E-state index in [1.807, 2.05) is 128 Å². The fraction of sp³-hybridized carbons (Fsp3) is 0.450. The van der Waals surface area contributed by atoms with Crippen LogP contribution in [0.2, 0.25) is 0 Å². The molecule has 149 heavy (non-hydrogen) atoms. The number of pyridine rings is 1. The fourth-order valence-corrected chi connectivity index (χ4v) is 22.2. The summed E-state index contributed by atoms with van der Waals surface area (Å²) in [5.41, 5.74) is 28.7. The lowest BCUT2D eigenvalue weighted by Crippen LogP contribution is -2.34. The smallest absolute Gasteiger partial charge is 0.219 e. The van der Waals surface area contributed by atoms with E-state index in [0.29, 0.717) is 45.1 Å². The van der Waals surface area contributed by atoms with Gasteiger partial charge in [0.15, 0.2) is 29.1 Å². The molecule has 0 radical (unpaired) electrons. The molecule has 0 saturated heterocycles. The summed E-state index contributed by atoms with van der Waals surface area (Å²) >= 11 is 0. The summed E-state index contributed by atoms with van der Waals surface area (Å²) in [7, 11) is 1.92. The average Bonchev–Trinajstić information content (AvgIpc) is 1.64. The van der Waals surface area contributed by atoms with Crippen molar-refractivity contribution in [1.82, 2.24) is 88.2 Å². The fourth-order valence-electron chi connectivity index (χ4n) is 22.2. The van der Waals surface area contributed by atoms with E-state index in [-0.39, 0.29) is 29.5 Å². The first-order valence-corrected chi connectivity index (χ1v) is 55.0. The van der Waals surface area contributed by atoms with Crippen molar-refractivity contribution in [2.24, 2.45) is 36.6 Å². The Bertz CT molecular complexity index is 7030. The number of allylic oxidation sites excluding steroid dienone is 2. The molecule has 12 aliphatic rings. The van der Waals surface area contributed by atoms with Crippen LogP contribution in [0.3, 0.4) is 0 Å². The second kappa shape index (κ2) is 45.5. The molecule has 25 rings (SSSR count). The molecule has 1 atom stereocenters. The highest BCUT2D eigenvalue weighted by molar-refractivity contribution is 5.80. The van der Waals surface area contributed by atoms with Gasteiger partial charge in [-0.05, 0) is 263 Å². The molecule has 12 heterocycles. The number of benzene rings is 6. The third-order valence-electron chi connectivity index (χ3n) is 31.9. The third-order valence-corrected chi connectivity index (χ3v) is 31.9. The summed E-state index contributed by atoms with van der Waals surface area (Å²) in [6.45, 7) is 22.3. The number of nitrogens with zero attached hydrogens (tertiary/aromatic N) is 18. The number of fused-ring (bicyclic) bond motifs is 5. The maximum Gasteiger partial charge on any atom is 0.219 e. The Morgan fingerprint density at radius 1 is 0.342 bits per heavy atom. The van der Waals surface area contributed by atoms with Gasteiger partial charge in [0, 0.05) is 247 Å². The minimum atomic E-state index is -0.447. The minimum Gasteiger partial charge on any atom is -0.388 e. The summed E-state index contributed by atoms with van der Waals surface area (Å²) in [4.78, 5) is 73.9. The first-order chi connectivity index (χ1) is 72.6. The van der Waals surface area contributed by atoms with E-state index in [1.165, 1.54) is 178 Å². The Labute approximate surface area is 875 Å². The molecular weight excluding hydrogens is 1860 g/mol. The maximum absolute atomic E-state index is 12.0. The largest absolute Gasteiger partial charge is 0.388 e. The number of hydrogen-bond donors (Lipinski definition) is 6. The summed E-state index contributed by atoms with van der Waals surface area (Å²) in [5.74, 6) is 9.58. The summed E-state index contributed by atoms with van der Waals surface area (Å²) < 4.78 is 12.8. The maximum atomic E-state index is 12.0. The number of hydrogen-bond acceptors (Lipinski definition) is 18. The normalized spacial score (nSPS) is 17.4. The van der Waals surface area contributed by atoms with Gasteiger partial charge in [0.25, 0.3) is 0 Å². The van der Waals surface area contributed by atoms with E-state index < -0.39 is 6.10 Å². The molecule has 6 N–H and O–H groups in total. The molecule has 5 aliphatic heterocycles. The van der Waals surface area contributed by atoms with Crippen molar-refractivity contribution in [2.45, 2.75) is 280 Å². The van der Waals surface area contributed by atoms with Crippen LogP contribution in [-0.2, 0) is 129 Å². The lowest BCUT2D eigenvalue weighted by Gasteiger charge is -2.27. The second-order valence-corrected chi connectivity index (χ2v) is 43.5. The quantitative estimate of drug-likeness (QED) is 0.0279. The molecular formula is C120H145N23O6. The van der Waals surface area contributed by atoms with Gasteiger partial charge in [-0.1, -0.05) is 117 Å². The number of aliphatic hydroxyl groups excluding tert-OH is 1. The van der Waals surface area contributed by atoms with Crippen molar-refractivity contribution in [2.75, 3.05) is 59.3 Å². The third kappa shape index (κ3) is 25.0. The second-order valence-electron chi connectivity index (χ2n) is 43.5. The molecule has 1 unspecified atom stereocenters. The van der Waals surface area contributed by atoms with Crippen LogP contribution in [0.4, 0.5) is 57.5 Å². The number of rotatable bonds is 27. The number of carbonyl (C=O) groups is 5. The topological polar surface area (TPSA) is 302 Å². The van der Waals surface area contributed by atoms with Crippen LogP contribution in [0.15, 0.2) is 188 Å². The van der Waals surface area contributed by atoms with Gasteiger partial charge in [0.2, 0.25) is 29.5 Å². The van der Waals surface area contributed by atoms with Gasteiger partial charge >= 0.3 is 0 Å². The van der Waals surface area contributed by atoms with Crippen LogP contribution >= 0.6 is 0 Å². The van der Waals surface area contributed by atoms with Crippen LogP contribution in [0.5, 0.6) is 0 Å². The zero-order chi connectivity index (χ0) is 102. The summed E-state index contributed by atoms with van der Waals surface area (Å²) in [6, 6.07) is 58.4. The molecule has 6 saturated carbocycles. The molecule has 0 spiro atoms. The van der Waals surface area contributed by atoms with Crippen LogP contribution in [0.25, 0.3) is 39.2 Å². The molecule has 7 aliphatic carbocycles. The molecule has 776 valence electrons. The van der Waals surface area contributed by atoms with E-state index in [9.17, 15) is 29.1 Å². The Hall–Kier alpha value is -14.2. The number of carbonyl (C=O) groups excluding carboxylic acids is 5. The first-order valence-electron chi connectivity index (χ1n) is 55.0. The van der Waals surface area contributed by atoms with Gasteiger partial charge in [-0.25, -0.2) is 0 Å². The molecule has 6 fully saturated rings. The molecule has 5 amide bonds. The average molecular weight is 2010 g/mol. The van der Waals surface area contributed by atoms with Crippen molar-refractivity contribution in [1.29, 1.82) is 0 Å². The minimum absolute atomic E-state index is 0.109. The summed E-state index contributed by atoms with van der Waals surface area (Å²) in [5, 5.41) is 57.2. The number of aliphatic hydroxyl groups is 1. The predicted molar refractivity (Wildman–Crippen MR) is 586 cm³/mol. The van der Waals surface area contributed by atoms with Gasteiger partial charge in [-0.2, -0.15) is 30.6 Å². The Balaban J connectivity index is 0.000000109. The Kier molecular flexibility index (Phi) is 30.7. The number of anilines is 10. The number of aryl methyl sites for hydroxylation is 1. The van der Waals surface area contributed by atoms with Crippen LogP contribution in [0.1, 0.15) is 255 Å². The van der Waals surface area contributed by atoms with Gasteiger partial charge in [-0.15, -0.1) is 0 Å². The van der Waals surface area contributed by atoms with Gasteiger partial charge in [0.1, 0.15) is 0 Å². The molecule has 6 aromatic carbocycles. The van der Waals surface area contributed by atoms with E-state index in [4.69, 9.17) is 25.5 Å². The van der Waals surface area contributed by atoms with Crippen LogP contribution < -0.4 is 26.6 Å². The van der Waals surface area contributed by atoms with Crippen LogP contribution in [0, 0.1) is 29.6 Å². The van der Waals surface area contributed by atoms with E-state index in [2.05, 4.69) is 163 Å². The number of amides is 5. The SMILES string of the molecule is CC(=O)N1CCc2c(c(Nc3cccc(-c4ccccn4)c3)nn2CC2CC2)C1.CC(=O)N1CCc2c(c(Nc3cccc(-c4ccn(C)n4)c3)nn2CC2CC2)C1.CC(=O)N1CCc2c(c(Nc3cccc(C4=CCCCC4)c3)nn2CC2CC2)C1.CC(=O)N1CCc2c(c(Nc3cccc(C4CCCCC4)c3)nn2CC2CC2)C1.CCC(O)c1cccc(-c2cccc(Nc3nn(CC4CC4)c4c3CN(C(C)=O)CC4)c2)c1. The zero-order valence-corrected chi connectivity index (χ0v) is 87.8. The first kappa shape index (κ1) is 101. The highest BCUT2D eigenvalue weighted by Crippen LogP contribution is 2.44. The number of nitrogens with one attached hydrogen (secondary N) is 5. The van der Waals surface area contributed by atoms with Crippen molar-refractivity contribution in [3.63, 3.8) is 0 Å². The van der Waals surface area contributed by atoms with Crippen molar-refractivity contribution < 1.29 is 29.1 Å². The highest BCUT2D eigenvalue weighted by atomic mass is 16.3. The Morgan fingerprint density at radius 3 is 1.03 bits per heavy atom. The molecule has 13 aromatic rings. The molecule has 7 aromatic heterocycles. The van der Waals surface area contributed by atoms with Gasteiger partial charge in [-0.3, -0.25) is 57.0 Å². The van der Waals surface area contributed by atoms with E-state index >= 15 is 0 Å². The molecule has 0 bridgehead atoms. The Morgan fingerprint density at radius 2 is 0.685 bits per heavy atom. The van der Waals surface area contributed by atoms with Crippen LogP contribution in [-0.4, -0.2) is 156 Å². The highest BCUT2D eigenvalue weighted by Gasteiger charge is 2.38. The number of aromatic nitrogens is 13. The zero-order valence-electron chi connectivity index (χ0n) is 87.8. The monoisotopic (exact) mass is 2000 g/mol. The van der Waals surface area contributed by atoms with Crippen molar-refractivity contribution in [3.8, 4) is 33.6 Å². The predicted octanol–water partition coefficient (Wildman–Crippen LogP) is 22.3. The van der Waals surface area contributed by atoms with E-state index in [0.717, 1.165) is 241 Å². The molecule has 29 heteroatoms. The summed E-state index contributed by atoms with van der Waals surface area (Å²) in [6.07, 6.45) is 35.4. The lowest BCUT2D eigenvalue weighted by atomic mass is 9.84. The van der Waals surface area contributed by atoms with E-state index in [1.54, 1.807) is 34.6 Å². The van der Waals surface area contributed by atoms with Gasteiger partial charge in [0.05, 0.1) is 50.2 Å². The van der Waals surface area contributed by atoms with Gasteiger partial charge < -0.3 is 56.2 Å². The van der Waals surface area contributed by atoms with Crippen molar-refractivity contribution >= 4 is 92.6 Å². The van der Waals surface area contributed by atoms with Crippen molar-refractivity contribution in [3.05, 3.63) is 261 Å². The lowest BCUT2D eigenvalue weighted by molar-refractivity contribution is -0.130. The molecule has 29 nitrogen and oxygen atoms in total.